The summed E-state index contributed by atoms with van der Waals surface area (Å²) in [6, 6.07) is 3.43. The van der Waals surface area contributed by atoms with Gasteiger partial charge >= 0.3 is 0 Å². The first kappa shape index (κ1) is 17.8. The Morgan fingerprint density at radius 3 is 2.33 bits per heavy atom. The molecule has 1 aromatic rings. The molecule has 0 aliphatic rings. The summed E-state index contributed by atoms with van der Waals surface area (Å²) in [5.41, 5.74) is 0.539. The molecule has 0 aromatic heterocycles. The highest BCUT2D eigenvalue weighted by molar-refractivity contribution is 6.34. The predicted octanol–water partition coefficient (Wildman–Crippen LogP) is 5.29. The molecule has 0 radical (unpaired) electrons. The minimum atomic E-state index is 0.0758. The van der Waals surface area contributed by atoms with Crippen LogP contribution in [-0.4, -0.2) is 20.0 Å². The molecule has 0 saturated carbocycles. The minimum Gasteiger partial charge on any atom is -0.495 e. The van der Waals surface area contributed by atoms with Gasteiger partial charge in [0.1, 0.15) is 10.8 Å². The molecule has 0 N–H and O–H groups in total. The molecular weight excluding hydrogens is 288 g/mol. The second-order valence-electron chi connectivity index (χ2n) is 5.10. The van der Waals surface area contributed by atoms with Crippen LogP contribution in [0.1, 0.15) is 62.2 Å². The zero-order valence-electron chi connectivity index (χ0n) is 13.2. The molecule has 0 atom stereocenters. The molecule has 0 aliphatic carbocycles. The van der Waals surface area contributed by atoms with Crippen LogP contribution in [0.15, 0.2) is 12.1 Å². The van der Waals surface area contributed by atoms with Crippen LogP contribution >= 0.6 is 11.6 Å². The Bertz CT molecular complexity index is 458. The van der Waals surface area contributed by atoms with E-state index in [0.717, 1.165) is 12.8 Å². The Morgan fingerprint density at radius 2 is 1.71 bits per heavy atom. The van der Waals surface area contributed by atoms with Gasteiger partial charge < -0.3 is 9.47 Å². The summed E-state index contributed by atoms with van der Waals surface area (Å²) in [5.74, 6) is 1.00. The topological polar surface area (TPSA) is 35.5 Å². The summed E-state index contributed by atoms with van der Waals surface area (Å²) in [4.78, 5) is 12.3. The van der Waals surface area contributed by atoms with Crippen molar-refractivity contribution < 1.29 is 14.3 Å². The van der Waals surface area contributed by atoms with E-state index in [0.29, 0.717) is 28.5 Å². The Hall–Kier alpha value is -1.22. The maximum atomic E-state index is 12.3. The van der Waals surface area contributed by atoms with Gasteiger partial charge in [0.15, 0.2) is 11.5 Å². The third-order valence-electron chi connectivity index (χ3n) is 3.54. The van der Waals surface area contributed by atoms with Crippen LogP contribution in [0.2, 0.25) is 5.02 Å². The Balaban J connectivity index is 2.60. The number of Topliss-reactive ketones (excluding diaryl/α,β-unsaturated/α-hetero) is 1. The van der Waals surface area contributed by atoms with Gasteiger partial charge in [0, 0.05) is 6.42 Å². The van der Waals surface area contributed by atoms with Crippen molar-refractivity contribution in [2.75, 3.05) is 14.2 Å². The number of hydrogen-bond acceptors (Lipinski definition) is 3. The summed E-state index contributed by atoms with van der Waals surface area (Å²) in [6.45, 7) is 2.20. The van der Waals surface area contributed by atoms with E-state index in [1.54, 1.807) is 19.2 Å². The van der Waals surface area contributed by atoms with E-state index in [4.69, 9.17) is 21.1 Å². The van der Waals surface area contributed by atoms with Gasteiger partial charge in [-0.2, -0.15) is 0 Å². The van der Waals surface area contributed by atoms with Crippen molar-refractivity contribution in [2.45, 2.75) is 51.9 Å². The van der Waals surface area contributed by atoms with Gasteiger partial charge in [-0.25, -0.2) is 0 Å². The van der Waals surface area contributed by atoms with E-state index in [-0.39, 0.29) is 5.78 Å². The van der Waals surface area contributed by atoms with Crippen LogP contribution in [0, 0.1) is 0 Å². The van der Waals surface area contributed by atoms with Crippen molar-refractivity contribution in [3.63, 3.8) is 0 Å². The third kappa shape index (κ3) is 5.24. The van der Waals surface area contributed by atoms with E-state index in [1.807, 2.05) is 0 Å². The van der Waals surface area contributed by atoms with Crippen molar-refractivity contribution >= 4 is 17.4 Å². The monoisotopic (exact) mass is 312 g/mol. The molecule has 4 heteroatoms. The van der Waals surface area contributed by atoms with E-state index in [9.17, 15) is 4.79 Å². The van der Waals surface area contributed by atoms with Gasteiger partial charge in [0.05, 0.1) is 19.8 Å². The molecule has 0 saturated heterocycles. The fourth-order valence-corrected chi connectivity index (χ4v) is 2.63. The summed E-state index contributed by atoms with van der Waals surface area (Å²) in [5, 5.41) is 0.355. The maximum Gasteiger partial charge on any atom is 0.166 e. The standard InChI is InChI=1S/C17H25ClO3/c1-4-5-6-7-8-9-10-14(19)13-11-12-15(20-2)16(18)17(13)21-3/h11-12H,4-10H2,1-3H3. The van der Waals surface area contributed by atoms with E-state index in [1.165, 1.54) is 32.8 Å². The van der Waals surface area contributed by atoms with Crippen molar-refractivity contribution in [1.82, 2.24) is 0 Å². The van der Waals surface area contributed by atoms with Gasteiger partial charge in [-0.15, -0.1) is 0 Å². The lowest BCUT2D eigenvalue weighted by atomic mass is 10.0. The second-order valence-corrected chi connectivity index (χ2v) is 5.48. The number of ketones is 1. The largest absolute Gasteiger partial charge is 0.495 e. The quantitative estimate of drug-likeness (QED) is 0.435. The van der Waals surface area contributed by atoms with Crippen LogP contribution < -0.4 is 9.47 Å². The smallest absolute Gasteiger partial charge is 0.166 e. The van der Waals surface area contributed by atoms with Crippen molar-refractivity contribution in [3.8, 4) is 11.5 Å². The lowest BCUT2D eigenvalue weighted by molar-refractivity contribution is 0.0976. The van der Waals surface area contributed by atoms with Crippen molar-refractivity contribution in [2.24, 2.45) is 0 Å². The highest BCUT2D eigenvalue weighted by Crippen LogP contribution is 2.37. The number of unbranched alkanes of at least 4 members (excludes halogenated alkanes) is 5. The summed E-state index contributed by atoms with van der Waals surface area (Å²) < 4.78 is 10.4. The predicted molar refractivity (Wildman–Crippen MR) is 86.9 cm³/mol. The number of hydrogen-bond donors (Lipinski definition) is 0. The van der Waals surface area contributed by atoms with Gasteiger partial charge in [-0.1, -0.05) is 50.6 Å². The minimum absolute atomic E-state index is 0.0758. The van der Waals surface area contributed by atoms with Crippen LogP contribution in [0.5, 0.6) is 11.5 Å². The molecule has 0 bridgehead atoms. The van der Waals surface area contributed by atoms with Gasteiger partial charge in [-0.05, 0) is 18.6 Å². The normalized spacial score (nSPS) is 10.5. The summed E-state index contributed by atoms with van der Waals surface area (Å²) in [7, 11) is 3.06. The zero-order chi connectivity index (χ0) is 15.7. The molecular formula is C17H25ClO3. The van der Waals surface area contributed by atoms with Crippen LogP contribution in [-0.2, 0) is 0 Å². The van der Waals surface area contributed by atoms with Gasteiger partial charge in [-0.3, -0.25) is 4.79 Å². The van der Waals surface area contributed by atoms with Crippen LogP contribution in [0.4, 0.5) is 0 Å². The number of carbonyl (C=O) groups is 1. The summed E-state index contributed by atoms with van der Waals surface area (Å²) in [6.07, 6.45) is 7.50. The van der Waals surface area contributed by atoms with E-state index in [2.05, 4.69) is 6.92 Å². The second kappa shape index (κ2) is 9.67. The zero-order valence-corrected chi connectivity index (χ0v) is 14.0. The molecule has 0 spiro atoms. The average Bonchev–Trinajstić information content (AvgIpc) is 2.50. The maximum absolute atomic E-state index is 12.3. The first-order valence-corrected chi connectivity index (χ1v) is 7.97. The first-order valence-electron chi connectivity index (χ1n) is 7.59. The number of benzene rings is 1. The molecule has 1 rings (SSSR count). The fraction of sp³-hybridized carbons (Fsp3) is 0.588. The van der Waals surface area contributed by atoms with E-state index < -0.39 is 0 Å². The number of ether oxygens (including phenoxy) is 2. The molecule has 1 aromatic carbocycles. The highest BCUT2D eigenvalue weighted by atomic mass is 35.5. The molecule has 3 nitrogen and oxygen atoms in total. The van der Waals surface area contributed by atoms with E-state index >= 15 is 0 Å². The number of carbonyl (C=O) groups excluding carboxylic acids is 1. The molecule has 0 unspecified atom stereocenters. The molecule has 0 heterocycles. The molecule has 118 valence electrons. The van der Waals surface area contributed by atoms with Gasteiger partial charge in [0.25, 0.3) is 0 Å². The first-order chi connectivity index (χ1) is 10.2. The lowest BCUT2D eigenvalue weighted by Gasteiger charge is -2.12. The van der Waals surface area contributed by atoms with Crippen LogP contribution in [0.25, 0.3) is 0 Å². The Labute approximate surface area is 132 Å². The number of methoxy groups -OCH3 is 2. The third-order valence-corrected chi connectivity index (χ3v) is 3.90. The average molecular weight is 313 g/mol. The summed E-state index contributed by atoms with van der Waals surface area (Å²) >= 11 is 6.17. The fourth-order valence-electron chi connectivity index (χ4n) is 2.32. The molecule has 0 fully saturated rings. The van der Waals surface area contributed by atoms with Crippen LogP contribution in [0.3, 0.4) is 0 Å². The SMILES string of the molecule is CCCCCCCCC(=O)c1ccc(OC)c(Cl)c1OC. The lowest BCUT2D eigenvalue weighted by Crippen LogP contribution is -2.03. The highest BCUT2D eigenvalue weighted by Gasteiger charge is 2.18. The van der Waals surface area contributed by atoms with Crippen molar-refractivity contribution in [1.29, 1.82) is 0 Å². The Kier molecular flexibility index (Phi) is 8.21. The molecule has 21 heavy (non-hydrogen) atoms. The number of halogens is 1. The van der Waals surface area contributed by atoms with Crippen molar-refractivity contribution in [3.05, 3.63) is 22.7 Å². The number of rotatable bonds is 10. The molecule has 0 aliphatic heterocycles. The van der Waals surface area contributed by atoms with Gasteiger partial charge in [0.2, 0.25) is 0 Å². The Morgan fingerprint density at radius 1 is 1.05 bits per heavy atom. The molecule has 0 amide bonds.